The van der Waals surface area contributed by atoms with Crippen LogP contribution < -0.4 is 0 Å². The van der Waals surface area contributed by atoms with Crippen LogP contribution >= 0.6 is 0 Å². The number of allylic oxidation sites excluding steroid dienone is 8. The Morgan fingerprint density at radius 3 is 2.58 bits per heavy atom. The maximum Gasteiger partial charge on any atom is -0.0279 e. The predicted octanol–water partition coefficient (Wildman–Crippen LogP) is 3.79. The Morgan fingerprint density at radius 2 is 1.75 bits per heavy atom. The van der Waals surface area contributed by atoms with Crippen molar-refractivity contribution in [2.75, 3.05) is 0 Å². The standard InChI is InChI=1S/C12H16/c1-2-3-9-12-10-7-5-4-6-8-11-12/h4-8,10-11H,2-3,9H2,1H3. The first kappa shape index (κ1) is 9.05. The molecule has 1 aliphatic rings. The third-order valence-corrected chi connectivity index (χ3v) is 1.88. The van der Waals surface area contributed by atoms with Crippen molar-refractivity contribution in [2.24, 2.45) is 0 Å². The fraction of sp³-hybridized carbons (Fsp3) is 0.333. The second-order valence-electron chi connectivity index (χ2n) is 2.97. The van der Waals surface area contributed by atoms with Gasteiger partial charge in [0, 0.05) is 0 Å². The topological polar surface area (TPSA) is 0 Å². The molecule has 0 aromatic heterocycles. The van der Waals surface area contributed by atoms with Crippen LogP contribution in [-0.2, 0) is 0 Å². The van der Waals surface area contributed by atoms with E-state index in [4.69, 9.17) is 0 Å². The van der Waals surface area contributed by atoms with E-state index in [2.05, 4.69) is 43.4 Å². The molecule has 0 spiro atoms. The average molecular weight is 160 g/mol. The minimum Gasteiger partial charge on any atom is -0.0654 e. The molecule has 0 aromatic rings. The summed E-state index contributed by atoms with van der Waals surface area (Å²) in [6.45, 7) is 2.23. The first-order chi connectivity index (χ1) is 5.93. The lowest BCUT2D eigenvalue weighted by atomic mass is 10.1. The molecule has 0 nitrogen and oxygen atoms in total. The van der Waals surface area contributed by atoms with Gasteiger partial charge in [0.25, 0.3) is 0 Å². The molecule has 0 heterocycles. The quantitative estimate of drug-likeness (QED) is 0.589. The van der Waals surface area contributed by atoms with Gasteiger partial charge in [-0.2, -0.15) is 0 Å². The van der Waals surface area contributed by atoms with Crippen molar-refractivity contribution in [3.05, 3.63) is 48.1 Å². The first-order valence-electron chi connectivity index (χ1n) is 4.64. The predicted molar refractivity (Wildman–Crippen MR) is 55.0 cm³/mol. The van der Waals surface area contributed by atoms with Gasteiger partial charge in [0.1, 0.15) is 0 Å². The highest BCUT2D eigenvalue weighted by Gasteiger charge is 1.90. The first-order valence-corrected chi connectivity index (χ1v) is 4.64. The van der Waals surface area contributed by atoms with Crippen molar-refractivity contribution in [1.29, 1.82) is 0 Å². The summed E-state index contributed by atoms with van der Waals surface area (Å²) in [7, 11) is 0. The zero-order valence-electron chi connectivity index (χ0n) is 7.66. The van der Waals surface area contributed by atoms with E-state index in [1.165, 1.54) is 24.8 Å². The zero-order chi connectivity index (χ0) is 8.65. The van der Waals surface area contributed by atoms with Crippen LogP contribution in [0.1, 0.15) is 26.2 Å². The van der Waals surface area contributed by atoms with Crippen molar-refractivity contribution in [3.63, 3.8) is 0 Å². The second kappa shape index (κ2) is 5.59. The molecule has 0 unspecified atom stereocenters. The molecule has 0 fully saturated rings. The molecule has 0 bridgehead atoms. The Labute approximate surface area is 75.0 Å². The molecular formula is C12H16. The molecule has 64 valence electrons. The van der Waals surface area contributed by atoms with Gasteiger partial charge in [-0.3, -0.25) is 0 Å². The minimum absolute atomic E-state index is 1.20. The average Bonchev–Trinajstić information content (AvgIpc) is 2.02. The van der Waals surface area contributed by atoms with Gasteiger partial charge in [-0.15, -0.1) is 0 Å². The Kier molecular flexibility index (Phi) is 4.22. The Balaban J connectivity index is 2.50. The van der Waals surface area contributed by atoms with Crippen molar-refractivity contribution in [3.8, 4) is 0 Å². The molecule has 0 heteroatoms. The molecule has 0 radical (unpaired) electrons. The van der Waals surface area contributed by atoms with Gasteiger partial charge < -0.3 is 0 Å². The van der Waals surface area contributed by atoms with Crippen molar-refractivity contribution < 1.29 is 0 Å². The second-order valence-corrected chi connectivity index (χ2v) is 2.97. The van der Waals surface area contributed by atoms with Crippen LogP contribution in [0.4, 0.5) is 0 Å². The van der Waals surface area contributed by atoms with E-state index < -0.39 is 0 Å². The maximum atomic E-state index is 2.23. The summed E-state index contributed by atoms with van der Waals surface area (Å²) < 4.78 is 0. The number of rotatable bonds is 3. The van der Waals surface area contributed by atoms with E-state index in [0.29, 0.717) is 0 Å². The van der Waals surface area contributed by atoms with E-state index in [1.807, 2.05) is 6.08 Å². The molecule has 0 atom stereocenters. The fourth-order valence-corrected chi connectivity index (χ4v) is 1.15. The van der Waals surface area contributed by atoms with Gasteiger partial charge in [0.05, 0.1) is 0 Å². The Morgan fingerprint density at radius 1 is 1.00 bits per heavy atom. The normalized spacial score (nSPS) is 15.6. The summed E-state index contributed by atoms with van der Waals surface area (Å²) in [5, 5.41) is 0. The maximum absolute atomic E-state index is 2.23. The van der Waals surface area contributed by atoms with Crippen LogP contribution in [-0.4, -0.2) is 0 Å². The molecule has 0 amide bonds. The van der Waals surface area contributed by atoms with Crippen molar-refractivity contribution in [2.45, 2.75) is 26.2 Å². The van der Waals surface area contributed by atoms with Crippen LogP contribution in [0.2, 0.25) is 0 Å². The Hall–Kier alpha value is -1.04. The van der Waals surface area contributed by atoms with E-state index in [1.54, 1.807) is 0 Å². The van der Waals surface area contributed by atoms with Gasteiger partial charge in [-0.1, -0.05) is 55.9 Å². The number of unbranched alkanes of at least 4 members (excludes halogenated alkanes) is 1. The monoisotopic (exact) mass is 160 g/mol. The fourth-order valence-electron chi connectivity index (χ4n) is 1.15. The summed E-state index contributed by atoms with van der Waals surface area (Å²) in [5.41, 5.74) is 1.43. The van der Waals surface area contributed by atoms with Crippen LogP contribution in [0.5, 0.6) is 0 Å². The largest absolute Gasteiger partial charge is 0.0654 e. The van der Waals surface area contributed by atoms with Crippen LogP contribution in [0.15, 0.2) is 48.1 Å². The molecule has 1 aliphatic carbocycles. The van der Waals surface area contributed by atoms with Crippen molar-refractivity contribution >= 4 is 0 Å². The molecule has 0 aromatic carbocycles. The lowest BCUT2D eigenvalue weighted by Crippen LogP contribution is -1.79. The van der Waals surface area contributed by atoms with Crippen LogP contribution in [0.3, 0.4) is 0 Å². The number of hydrogen-bond acceptors (Lipinski definition) is 0. The smallest absolute Gasteiger partial charge is 0.0279 e. The van der Waals surface area contributed by atoms with E-state index >= 15 is 0 Å². The lowest BCUT2D eigenvalue weighted by molar-refractivity contribution is 0.798. The van der Waals surface area contributed by atoms with Crippen LogP contribution in [0.25, 0.3) is 0 Å². The molecular weight excluding hydrogens is 144 g/mol. The lowest BCUT2D eigenvalue weighted by Gasteiger charge is -1.99. The van der Waals surface area contributed by atoms with Crippen LogP contribution in [0, 0.1) is 0 Å². The van der Waals surface area contributed by atoms with E-state index in [-0.39, 0.29) is 0 Å². The minimum atomic E-state index is 1.20. The van der Waals surface area contributed by atoms with Gasteiger partial charge in [-0.25, -0.2) is 0 Å². The van der Waals surface area contributed by atoms with Crippen molar-refractivity contribution in [1.82, 2.24) is 0 Å². The molecule has 0 saturated carbocycles. The SMILES string of the molecule is CCCCC1=CC=CC=CC=C1. The highest BCUT2D eigenvalue weighted by molar-refractivity contribution is 5.30. The van der Waals surface area contributed by atoms with Gasteiger partial charge in [-0.05, 0) is 18.4 Å². The summed E-state index contributed by atoms with van der Waals surface area (Å²) in [6, 6.07) is 0. The highest BCUT2D eigenvalue weighted by Crippen LogP contribution is 2.10. The molecule has 1 rings (SSSR count). The molecule has 0 saturated heterocycles. The number of hydrogen-bond donors (Lipinski definition) is 0. The summed E-state index contributed by atoms with van der Waals surface area (Å²) in [5.74, 6) is 0. The third-order valence-electron chi connectivity index (χ3n) is 1.88. The third kappa shape index (κ3) is 3.38. The summed E-state index contributed by atoms with van der Waals surface area (Å²) in [4.78, 5) is 0. The Bertz CT molecular complexity index is 226. The molecule has 0 aliphatic heterocycles. The van der Waals surface area contributed by atoms with Gasteiger partial charge >= 0.3 is 0 Å². The summed E-state index contributed by atoms with van der Waals surface area (Å²) in [6.07, 6.45) is 18.5. The zero-order valence-corrected chi connectivity index (χ0v) is 7.66. The van der Waals surface area contributed by atoms with E-state index in [0.717, 1.165) is 0 Å². The van der Waals surface area contributed by atoms with E-state index in [9.17, 15) is 0 Å². The highest BCUT2D eigenvalue weighted by atomic mass is 14.0. The molecule has 12 heavy (non-hydrogen) atoms. The summed E-state index contributed by atoms with van der Waals surface area (Å²) >= 11 is 0. The van der Waals surface area contributed by atoms with Gasteiger partial charge in [0.15, 0.2) is 0 Å². The van der Waals surface area contributed by atoms with Gasteiger partial charge in [0.2, 0.25) is 0 Å². The molecule has 0 N–H and O–H groups in total.